The van der Waals surface area contributed by atoms with Crippen LogP contribution >= 0.6 is 0 Å². The van der Waals surface area contributed by atoms with Gasteiger partial charge in [-0.2, -0.15) is 5.10 Å². The first-order valence-corrected chi connectivity index (χ1v) is 6.96. The van der Waals surface area contributed by atoms with E-state index in [9.17, 15) is 0 Å². The van der Waals surface area contributed by atoms with Crippen molar-refractivity contribution in [2.75, 3.05) is 12.4 Å². The molecule has 0 saturated carbocycles. The van der Waals surface area contributed by atoms with Crippen molar-refractivity contribution in [1.29, 1.82) is 0 Å². The van der Waals surface area contributed by atoms with Crippen molar-refractivity contribution in [3.8, 4) is 17.1 Å². The van der Waals surface area contributed by atoms with E-state index in [1.807, 2.05) is 54.3 Å². The minimum Gasteiger partial charge on any atom is -0.373 e. The maximum absolute atomic E-state index is 4.57. The van der Waals surface area contributed by atoms with E-state index in [2.05, 4.69) is 27.3 Å². The standard InChI is InChI=1S/C16H17N5/c1-3-13-9-15(17-2)20-16(19-13)12-10-18-21(11-12)14-7-5-4-6-8-14/h4-11H,3H2,1-2H3,(H,17,19,20). The average Bonchev–Trinajstić information content (AvgIpc) is 3.05. The van der Waals surface area contributed by atoms with Gasteiger partial charge in [0.25, 0.3) is 0 Å². The Bertz CT molecular complexity index is 711. The summed E-state index contributed by atoms with van der Waals surface area (Å²) >= 11 is 0. The topological polar surface area (TPSA) is 55.6 Å². The minimum atomic E-state index is 0.695. The molecular weight excluding hydrogens is 262 g/mol. The number of hydrogen-bond acceptors (Lipinski definition) is 4. The van der Waals surface area contributed by atoms with E-state index in [0.29, 0.717) is 5.82 Å². The normalized spacial score (nSPS) is 10.6. The Labute approximate surface area is 123 Å². The lowest BCUT2D eigenvalue weighted by molar-refractivity contribution is 0.880. The predicted molar refractivity (Wildman–Crippen MR) is 83.5 cm³/mol. The maximum Gasteiger partial charge on any atom is 0.164 e. The van der Waals surface area contributed by atoms with Crippen molar-refractivity contribution in [3.05, 3.63) is 54.5 Å². The van der Waals surface area contributed by atoms with Gasteiger partial charge in [-0.05, 0) is 18.6 Å². The second kappa shape index (κ2) is 5.75. The molecule has 106 valence electrons. The zero-order valence-corrected chi connectivity index (χ0v) is 12.1. The van der Waals surface area contributed by atoms with E-state index in [1.165, 1.54) is 0 Å². The molecule has 0 aliphatic heterocycles. The number of anilines is 1. The van der Waals surface area contributed by atoms with Crippen LogP contribution in [0.15, 0.2) is 48.8 Å². The van der Waals surface area contributed by atoms with Crippen molar-refractivity contribution < 1.29 is 0 Å². The first-order valence-electron chi connectivity index (χ1n) is 6.96. The Hall–Kier alpha value is -2.69. The van der Waals surface area contributed by atoms with Gasteiger partial charge in [0.05, 0.1) is 17.4 Å². The fourth-order valence-corrected chi connectivity index (χ4v) is 2.10. The van der Waals surface area contributed by atoms with Gasteiger partial charge in [0.2, 0.25) is 0 Å². The van der Waals surface area contributed by atoms with Crippen LogP contribution in [0.4, 0.5) is 5.82 Å². The molecule has 2 aromatic heterocycles. The lowest BCUT2D eigenvalue weighted by atomic mass is 10.2. The third-order valence-electron chi connectivity index (χ3n) is 3.26. The van der Waals surface area contributed by atoms with E-state index in [1.54, 1.807) is 6.20 Å². The minimum absolute atomic E-state index is 0.695. The lowest BCUT2D eigenvalue weighted by Gasteiger charge is -2.05. The van der Waals surface area contributed by atoms with Crippen molar-refractivity contribution in [2.24, 2.45) is 0 Å². The second-order valence-corrected chi connectivity index (χ2v) is 4.68. The second-order valence-electron chi connectivity index (χ2n) is 4.68. The molecule has 3 aromatic rings. The van der Waals surface area contributed by atoms with Crippen LogP contribution in [0.5, 0.6) is 0 Å². The van der Waals surface area contributed by atoms with Crippen LogP contribution in [0.1, 0.15) is 12.6 Å². The van der Waals surface area contributed by atoms with Gasteiger partial charge < -0.3 is 5.32 Å². The lowest BCUT2D eigenvalue weighted by Crippen LogP contribution is -2.00. The summed E-state index contributed by atoms with van der Waals surface area (Å²) < 4.78 is 1.83. The van der Waals surface area contributed by atoms with Gasteiger partial charge >= 0.3 is 0 Å². The van der Waals surface area contributed by atoms with E-state index in [0.717, 1.165) is 29.2 Å². The number of benzene rings is 1. The highest BCUT2D eigenvalue weighted by molar-refractivity contribution is 5.56. The van der Waals surface area contributed by atoms with Gasteiger partial charge in [0, 0.05) is 25.0 Å². The number of para-hydroxylation sites is 1. The fourth-order valence-electron chi connectivity index (χ4n) is 2.10. The van der Waals surface area contributed by atoms with Crippen LogP contribution in [0.2, 0.25) is 0 Å². The number of hydrogen-bond donors (Lipinski definition) is 1. The molecule has 0 fully saturated rings. The first-order chi connectivity index (χ1) is 10.3. The van der Waals surface area contributed by atoms with E-state index in [-0.39, 0.29) is 0 Å². The predicted octanol–water partition coefficient (Wildman–Crippen LogP) is 2.93. The zero-order valence-electron chi connectivity index (χ0n) is 12.1. The summed E-state index contributed by atoms with van der Waals surface area (Å²) in [4.78, 5) is 9.07. The highest BCUT2D eigenvalue weighted by Crippen LogP contribution is 2.19. The summed E-state index contributed by atoms with van der Waals surface area (Å²) in [6.07, 6.45) is 4.61. The number of aryl methyl sites for hydroxylation is 1. The molecule has 0 radical (unpaired) electrons. The summed E-state index contributed by atoms with van der Waals surface area (Å²) in [5, 5.41) is 7.46. The molecule has 0 saturated heterocycles. The smallest absolute Gasteiger partial charge is 0.164 e. The first kappa shape index (κ1) is 13.3. The van der Waals surface area contributed by atoms with Crippen molar-refractivity contribution in [1.82, 2.24) is 19.7 Å². The van der Waals surface area contributed by atoms with Gasteiger partial charge in [0.15, 0.2) is 5.82 Å². The highest BCUT2D eigenvalue weighted by atomic mass is 15.3. The Morgan fingerprint density at radius 1 is 1.14 bits per heavy atom. The molecule has 1 aromatic carbocycles. The summed E-state index contributed by atoms with van der Waals surface area (Å²) in [5.41, 5.74) is 2.94. The van der Waals surface area contributed by atoms with Crippen LogP contribution in [0.25, 0.3) is 17.1 Å². The highest BCUT2D eigenvalue weighted by Gasteiger charge is 2.08. The molecule has 21 heavy (non-hydrogen) atoms. The molecule has 0 bridgehead atoms. The molecule has 5 heteroatoms. The molecule has 3 rings (SSSR count). The van der Waals surface area contributed by atoms with E-state index >= 15 is 0 Å². The van der Waals surface area contributed by atoms with Crippen molar-refractivity contribution >= 4 is 5.82 Å². The van der Waals surface area contributed by atoms with Crippen molar-refractivity contribution in [2.45, 2.75) is 13.3 Å². The Morgan fingerprint density at radius 3 is 2.67 bits per heavy atom. The Balaban J connectivity index is 2.00. The summed E-state index contributed by atoms with van der Waals surface area (Å²) in [5.74, 6) is 1.52. The maximum atomic E-state index is 4.57. The summed E-state index contributed by atoms with van der Waals surface area (Å²) in [6.45, 7) is 2.08. The SMILES string of the molecule is CCc1cc(NC)nc(-c2cnn(-c3ccccc3)c2)n1. The van der Waals surface area contributed by atoms with E-state index in [4.69, 9.17) is 0 Å². The van der Waals surface area contributed by atoms with Gasteiger partial charge in [0.1, 0.15) is 5.82 Å². The van der Waals surface area contributed by atoms with Crippen molar-refractivity contribution in [3.63, 3.8) is 0 Å². The molecule has 0 amide bonds. The summed E-state index contributed by atoms with van der Waals surface area (Å²) in [7, 11) is 1.86. The number of nitrogens with zero attached hydrogens (tertiary/aromatic N) is 4. The van der Waals surface area contributed by atoms with Crippen LogP contribution in [0.3, 0.4) is 0 Å². The number of nitrogens with one attached hydrogen (secondary N) is 1. The van der Waals surface area contributed by atoms with Crippen LogP contribution in [-0.2, 0) is 6.42 Å². The van der Waals surface area contributed by atoms with Gasteiger partial charge in [-0.1, -0.05) is 25.1 Å². The van der Waals surface area contributed by atoms with Crippen LogP contribution in [0, 0.1) is 0 Å². The van der Waals surface area contributed by atoms with Gasteiger partial charge in [-0.25, -0.2) is 14.6 Å². The monoisotopic (exact) mass is 279 g/mol. The third kappa shape index (κ3) is 2.76. The largest absolute Gasteiger partial charge is 0.373 e. The van der Waals surface area contributed by atoms with Crippen LogP contribution in [-0.4, -0.2) is 26.8 Å². The molecule has 0 atom stereocenters. The third-order valence-corrected chi connectivity index (χ3v) is 3.26. The molecule has 0 unspecified atom stereocenters. The molecule has 0 aliphatic rings. The quantitative estimate of drug-likeness (QED) is 0.797. The molecule has 0 aliphatic carbocycles. The Morgan fingerprint density at radius 2 is 1.95 bits per heavy atom. The molecular formula is C16H17N5. The molecule has 5 nitrogen and oxygen atoms in total. The Kier molecular flexibility index (Phi) is 3.64. The van der Waals surface area contributed by atoms with Gasteiger partial charge in [-0.15, -0.1) is 0 Å². The van der Waals surface area contributed by atoms with Gasteiger partial charge in [-0.3, -0.25) is 0 Å². The molecule has 1 N–H and O–H groups in total. The number of aromatic nitrogens is 4. The van der Waals surface area contributed by atoms with Crippen LogP contribution < -0.4 is 5.32 Å². The average molecular weight is 279 g/mol. The zero-order chi connectivity index (χ0) is 14.7. The summed E-state index contributed by atoms with van der Waals surface area (Å²) in [6, 6.07) is 12.0. The number of rotatable bonds is 4. The molecule has 2 heterocycles. The molecule has 0 spiro atoms. The fraction of sp³-hybridized carbons (Fsp3) is 0.188. The van der Waals surface area contributed by atoms with E-state index < -0.39 is 0 Å².